The molecule has 0 unspecified atom stereocenters. The number of carbonyl (C=O) groups is 1. The lowest BCUT2D eigenvalue weighted by Gasteiger charge is -2.14. The molecular formula is C26H27N7O. The van der Waals surface area contributed by atoms with Crippen LogP contribution in [0.3, 0.4) is 0 Å². The van der Waals surface area contributed by atoms with Gasteiger partial charge in [0.25, 0.3) is 0 Å². The van der Waals surface area contributed by atoms with Gasteiger partial charge in [0.15, 0.2) is 0 Å². The van der Waals surface area contributed by atoms with Crippen LogP contribution < -0.4 is 16.0 Å². The Morgan fingerprint density at radius 3 is 2.29 bits per heavy atom. The number of aldehydes is 1. The van der Waals surface area contributed by atoms with E-state index in [2.05, 4.69) is 32.0 Å². The van der Waals surface area contributed by atoms with Gasteiger partial charge in [-0.1, -0.05) is 6.08 Å². The van der Waals surface area contributed by atoms with Crippen molar-refractivity contribution in [3.63, 3.8) is 0 Å². The molecule has 0 radical (unpaired) electrons. The fourth-order valence-electron chi connectivity index (χ4n) is 3.00. The molecule has 3 aromatic rings. The van der Waals surface area contributed by atoms with Crippen LogP contribution in [-0.2, 0) is 4.79 Å². The summed E-state index contributed by atoms with van der Waals surface area (Å²) in [6, 6.07) is 17.0. The van der Waals surface area contributed by atoms with Crippen LogP contribution in [0, 0.1) is 36.5 Å². The van der Waals surface area contributed by atoms with Crippen LogP contribution in [-0.4, -0.2) is 29.8 Å². The van der Waals surface area contributed by atoms with E-state index in [4.69, 9.17) is 10.5 Å². The second kappa shape index (κ2) is 13.8. The Bertz CT molecular complexity index is 1180. The van der Waals surface area contributed by atoms with Crippen LogP contribution in [0.4, 0.5) is 23.1 Å². The topological polar surface area (TPSA) is 127 Å². The lowest BCUT2D eigenvalue weighted by atomic mass is 10.0. The van der Waals surface area contributed by atoms with E-state index in [1.54, 1.807) is 30.5 Å². The van der Waals surface area contributed by atoms with Gasteiger partial charge in [-0.25, -0.2) is 4.98 Å². The smallest absolute Gasteiger partial charge is 0.229 e. The number of nitriles is 2. The molecule has 0 amide bonds. The first-order valence-electron chi connectivity index (χ1n) is 10.6. The van der Waals surface area contributed by atoms with Gasteiger partial charge in [-0.05, 0) is 86.1 Å². The minimum atomic E-state index is 0.454. The van der Waals surface area contributed by atoms with Crippen LogP contribution in [0.1, 0.15) is 28.7 Å². The highest BCUT2D eigenvalue weighted by Gasteiger charge is 2.07. The third-order valence-electron chi connectivity index (χ3n) is 4.59. The number of carbonyl (C=O) groups excluding carboxylic acids is 1. The normalized spacial score (nSPS) is 9.91. The molecule has 172 valence electrons. The van der Waals surface area contributed by atoms with Crippen LogP contribution in [0.2, 0.25) is 0 Å². The SMILES string of the molecule is CNCCC#N.Cc1cc(/C=C/C=O)cc(C)c1Nc1ccnc(Nc2ccc(C#N)cc2)n1. The van der Waals surface area contributed by atoms with Gasteiger partial charge >= 0.3 is 0 Å². The summed E-state index contributed by atoms with van der Waals surface area (Å²) in [5, 5.41) is 26.1. The maximum Gasteiger partial charge on any atom is 0.229 e. The van der Waals surface area contributed by atoms with Crippen molar-refractivity contribution in [1.29, 1.82) is 10.5 Å². The maximum absolute atomic E-state index is 10.5. The van der Waals surface area contributed by atoms with E-state index < -0.39 is 0 Å². The zero-order chi connectivity index (χ0) is 24.8. The van der Waals surface area contributed by atoms with Crippen LogP contribution in [0.5, 0.6) is 0 Å². The fraction of sp³-hybridized carbons (Fsp3) is 0.192. The zero-order valence-corrected chi connectivity index (χ0v) is 19.5. The van der Waals surface area contributed by atoms with Crippen molar-refractivity contribution in [2.24, 2.45) is 0 Å². The number of allylic oxidation sites excluding steroid dienone is 1. The second-order valence-corrected chi connectivity index (χ2v) is 7.24. The summed E-state index contributed by atoms with van der Waals surface area (Å²) in [4.78, 5) is 19.3. The average Bonchev–Trinajstić information content (AvgIpc) is 2.85. The molecule has 0 spiro atoms. The Balaban J connectivity index is 0.000000604. The Hall–Kier alpha value is -4.53. The van der Waals surface area contributed by atoms with Crippen molar-refractivity contribution in [3.05, 3.63) is 77.0 Å². The molecule has 0 bridgehead atoms. The monoisotopic (exact) mass is 453 g/mol. The first-order chi connectivity index (χ1) is 16.5. The summed E-state index contributed by atoms with van der Waals surface area (Å²) >= 11 is 0. The molecule has 0 aliphatic carbocycles. The van der Waals surface area contributed by atoms with Gasteiger partial charge in [0.1, 0.15) is 12.1 Å². The molecule has 0 saturated heterocycles. The number of anilines is 4. The first kappa shape index (κ1) is 25.7. The van der Waals surface area contributed by atoms with Crippen molar-refractivity contribution >= 4 is 35.5 Å². The number of nitrogens with zero attached hydrogens (tertiary/aromatic N) is 4. The molecule has 1 aromatic heterocycles. The summed E-state index contributed by atoms with van der Waals surface area (Å²) < 4.78 is 0. The van der Waals surface area contributed by atoms with Crippen molar-refractivity contribution in [2.45, 2.75) is 20.3 Å². The molecular weight excluding hydrogens is 426 g/mol. The molecule has 8 nitrogen and oxygen atoms in total. The molecule has 34 heavy (non-hydrogen) atoms. The summed E-state index contributed by atoms with van der Waals surface area (Å²) in [6.45, 7) is 4.81. The highest BCUT2D eigenvalue weighted by atomic mass is 16.1. The number of aryl methyl sites for hydroxylation is 2. The summed E-state index contributed by atoms with van der Waals surface area (Å²) in [6.07, 6.45) is 6.30. The van der Waals surface area contributed by atoms with Gasteiger partial charge in [0.2, 0.25) is 5.95 Å². The van der Waals surface area contributed by atoms with E-state index in [9.17, 15) is 4.79 Å². The molecule has 0 saturated carbocycles. The molecule has 0 aliphatic heterocycles. The Kier molecular flexibility index (Phi) is 10.4. The predicted molar refractivity (Wildman–Crippen MR) is 135 cm³/mol. The highest BCUT2D eigenvalue weighted by molar-refractivity contribution is 5.76. The second-order valence-electron chi connectivity index (χ2n) is 7.24. The quantitative estimate of drug-likeness (QED) is 0.253. The Morgan fingerprint density at radius 1 is 1.03 bits per heavy atom. The molecule has 0 aliphatic rings. The first-order valence-corrected chi connectivity index (χ1v) is 10.6. The Labute approximate surface area is 200 Å². The molecule has 8 heteroatoms. The lowest BCUT2D eigenvalue weighted by molar-refractivity contribution is -0.104. The number of hydrogen-bond acceptors (Lipinski definition) is 8. The summed E-state index contributed by atoms with van der Waals surface area (Å²) in [7, 11) is 1.83. The van der Waals surface area contributed by atoms with Crippen molar-refractivity contribution in [3.8, 4) is 12.1 Å². The van der Waals surface area contributed by atoms with Crippen molar-refractivity contribution in [1.82, 2.24) is 15.3 Å². The number of benzene rings is 2. The molecule has 2 aromatic carbocycles. The predicted octanol–water partition coefficient (Wildman–Crippen LogP) is 4.78. The number of rotatable bonds is 8. The Morgan fingerprint density at radius 2 is 1.74 bits per heavy atom. The molecule has 0 fully saturated rings. The van der Waals surface area contributed by atoms with Gasteiger partial charge in [-0.3, -0.25) is 4.79 Å². The summed E-state index contributed by atoms with van der Waals surface area (Å²) in [5.74, 6) is 1.11. The molecule has 3 N–H and O–H groups in total. The van der Waals surface area contributed by atoms with E-state index in [1.165, 1.54) is 6.08 Å². The molecule has 3 rings (SSSR count). The number of nitrogens with one attached hydrogen (secondary N) is 3. The fourth-order valence-corrected chi connectivity index (χ4v) is 3.00. The maximum atomic E-state index is 10.5. The molecule has 1 heterocycles. The lowest BCUT2D eigenvalue weighted by Crippen LogP contribution is -2.05. The number of aromatic nitrogens is 2. The van der Waals surface area contributed by atoms with Gasteiger partial charge in [-0.2, -0.15) is 15.5 Å². The van der Waals surface area contributed by atoms with Crippen molar-refractivity contribution < 1.29 is 4.79 Å². The van der Waals surface area contributed by atoms with E-state index in [1.807, 2.05) is 51.2 Å². The average molecular weight is 454 g/mol. The standard InChI is InChI=1S/C22H19N5O.C4H8N2/c1-15-12-18(4-3-11-28)13-16(2)21(15)26-20-9-10-24-22(27-20)25-19-7-5-17(14-23)6-8-19;1-6-4-2-3-5/h3-13H,1-2H3,(H2,24,25,26,27);6H,2,4H2,1H3/b4-3+;. The van der Waals surface area contributed by atoms with Gasteiger partial charge in [0, 0.05) is 30.5 Å². The minimum absolute atomic E-state index is 0.454. The van der Waals surface area contributed by atoms with E-state index in [0.717, 1.165) is 40.9 Å². The van der Waals surface area contributed by atoms with Crippen LogP contribution >= 0.6 is 0 Å². The third-order valence-corrected chi connectivity index (χ3v) is 4.59. The van der Waals surface area contributed by atoms with Gasteiger partial charge in [-0.15, -0.1) is 0 Å². The van der Waals surface area contributed by atoms with Crippen LogP contribution in [0.25, 0.3) is 6.08 Å². The third kappa shape index (κ3) is 8.19. The van der Waals surface area contributed by atoms with Gasteiger partial charge < -0.3 is 16.0 Å². The molecule has 0 atom stereocenters. The van der Waals surface area contributed by atoms with E-state index in [0.29, 0.717) is 23.8 Å². The zero-order valence-electron chi connectivity index (χ0n) is 19.5. The van der Waals surface area contributed by atoms with Crippen molar-refractivity contribution in [2.75, 3.05) is 24.2 Å². The van der Waals surface area contributed by atoms with E-state index in [-0.39, 0.29) is 0 Å². The van der Waals surface area contributed by atoms with Crippen LogP contribution in [0.15, 0.2) is 54.7 Å². The largest absolute Gasteiger partial charge is 0.340 e. The number of hydrogen-bond donors (Lipinski definition) is 3. The minimum Gasteiger partial charge on any atom is -0.340 e. The van der Waals surface area contributed by atoms with Gasteiger partial charge in [0.05, 0.1) is 17.7 Å². The summed E-state index contributed by atoms with van der Waals surface area (Å²) in [5.41, 5.74) is 5.43. The van der Waals surface area contributed by atoms with E-state index >= 15 is 0 Å². The highest BCUT2D eigenvalue weighted by Crippen LogP contribution is 2.26.